The van der Waals surface area contributed by atoms with Gasteiger partial charge in [0.05, 0.1) is 23.8 Å². The van der Waals surface area contributed by atoms with Gasteiger partial charge in [-0.05, 0) is 24.3 Å². The van der Waals surface area contributed by atoms with Gasteiger partial charge in [-0.25, -0.2) is 13.8 Å². The third-order valence-corrected chi connectivity index (χ3v) is 5.44. The molecule has 1 saturated heterocycles. The van der Waals surface area contributed by atoms with E-state index in [9.17, 15) is 18.4 Å². The van der Waals surface area contributed by atoms with Crippen molar-refractivity contribution in [2.75, 3.05) is 37.6 Å². The van der Waals surface area contributed by atoms with Gasteiger partial charge in [-0.15, -0.1) is 0 Å². The van der Waals surface area contributed by atoms with E-state index in [0.29, 0.717) is 17.4 Å². The molecular weight excluding hydrogens is 392 g/mol. The van der Waals surface area contributed by atoms with Crippen LogP contribution in [0.2, 0.25) is 0 Å². The molecule has 0 spiro atoms. The molecule has 1 aliphatic heterocycles. The van der Waals surface area contributed by atoms with E-state index < -0.39 is 18.5 Å². The maximum absolute atomic E-state index is 12.6. The molecule has 1 aromatic carbocycles. The molecule has 0 N–H and O–H groups in total. The largest absolute Gasteiger partial charge is 0.369 e. The average Bonchev–Trinajstić information content (AvgIpc) is 2.75. The van der Waals surface area contributed by atoms with Crippen LogP contribution < -0.4 is 16.0 Å². The maximum atomic E-state index is 12.6. The second-order valence-corrected chi connectivity index (χ2v) is 7.36. The molecule has 9 heteroatoms. The second kappa shape index (κ2) is 8.74. The molecule has 0 bridgehead atoms. The molecule has 0 radical (unpaired) electrons. The molecule has 3 aromatic rings. The van der Waals surface area contributed by atoms with Gasteiger partial charge in [0.15, 0.2) is 0 Å². The third kappa shape index (κ3) is 4.40. The average molecular weight is 415 g/mol. The fraction of sp³-hybridized carbons (Fsp3) is 0.381. The Morgan fingerprint density at radius 3 is 2.50 bits per heavy atom. The Balaban J connectivity index is 1.40. The molecule has 2 aromatic heterocycles. The quantitative estimate of drug-likeness (QED) is 0.613. The van der Waals surface area contributed by atoms with Crippen LogP contribution in [-0.2, 0) is 13.1 Å². The number of hydrogen-bond acceptors (Lipinski definition) is 5. The normalized spacial score (nSPS) is 15.2. The summed E-state index contributed by atoms with van der Waals surface area (Å²) in [5.74, 6) is 0. The van der Waals surface area contributed by atoms with Gasteiger partial charge in [-0.1, -0.05) is 6.07 Å². The molecular formula is C21H23F2N5O2. The number of nitrogens with zero attached hydrogens (tertiary/aromatic N) is 5. The van der Waals surface area contributed by atoms with Gasteiger partial charge in [0.2, 0.25) is 0 Å². The van der Waals surface area contributed by atoms with Crippen molar-refractivity contribution in [2.24, 2.45) is 0 Å². The number of hydrogen-bond donors (Lipinski definition) is 0. The lowest BCUT2D eigenvalue weighted by molar-refractivity contribution is 0.125. The van der Waals surface area contributed by atoms with E-state index in [2.05, 4.69) is 14.8 Å². The minimum Gasteiger partial charge on any atom is -0.369 e. The molecule has 0 saturated carbocycles. The Labute approximate surface area is 171 Å². The van der Waals surface area contributed by atoms with Crippen LogP contribution in [0.25, 0.3) is 10.9 Å². The van der Waals surface area contributed by atoms with Crippen molar-refractivity contribution in [2.45, 2.75) is 19.5 Å². The number of fused-ring (bicyclic) bond motifs is 1. The predicted molar refractivity (Wildman–Crippen MR) is 111 cm³/mol. The molecule has 7 nitrogen and oxygen atoms in total. The van der Waals surface area contributed by atoms with Crippen molar-refractivity contribution < 1.29 is 8.78 Å². The molecule has 0 atom stereocenters. The molecule has 0 aliphatic carbocycles. The molecule has 158 valence electrons. The van der Waals surface area contributed by atoms with E-state index >= 15 is 0 Å². The Kier molecular flexibility index (Phi) is 5.89. The monoisotopic (exact) mass is 415 g/mol. The topological polar surface area (TPSA) is 63.4 Å². The number of pyridine rings is 1. The lowest BCUT2D eigenvalue weighted by atomic mass is 10.2. The van der Waals surface area contributed by atoms with Crippen LogP contribution >= 0.6 is 0 Å². The lowest BCUT2D eigenvalue weighted by Crippen LogP contribution is -2.47. The molecule has 30 heavy (non-hydrogen) atoms. The van der Waals surface area contributed by atoms with Gasteiger partial charge in [0.1, 0.15) is 0 Å². The van der Waals surface area contributed by atoms with Crippen molar-refractivity contribution in [3.05, 3.63) is 69.6 Å². The van der Waals surface area contributed by atoms with Crippen molar-refractivity contribution >= 4 is 16.6 Å². The number of benzene rings is 1. The summed E-state index contributed by atoms with van der Waals surface area (Å²) >= 11 is 0. The van der Waals surface area contributed by atoms with E-state index in [1.807, 2.05) is 18.2 Å². The van der Waals surface area contributed by atoms with Gasteiger partial charge in [0, 0.05) is 57.2 Å². The summed E-state index contributed by atoms with van der Waals surface area (Å²) in [6, 6.07) is 10.5. The number of piperazine rings is 1. The fourth-order valence-electron chi connectivity index (χ4n) is 3.75. The molecule has 1 fully saturated rings. The van der Waals surface area contributed by atoms with E-state index in [1.54, 1.807) is 29.0 Å². The first-order valence-electron chi connectivity index (χ1n) is 9.91. The lowest BCUT2D eigenvalue weighted by Gasteiger charge is -2.36. The van der Waals surface area contributed by atoms with Crippen LogP contribution in [0.4, 0.5) is 14.5 Å². The van der Waals surface area contributed by atoms with Gasteiger partial charge >= 0.3 is 0 Å². The zero-order chi connectivity index (χ0) is 21.1. The van der Waals surface area contributed by atoms with Gasteiger partial charge in [0.25, 0.3) is 17.5 Å². The molecule has 1 aliphatic rings. The third-order valence-electron chi connectivity index (χ3n) is 5.44. The van der Waals surface area contributed by atoms with Crippen LogP contribution in [0.5, 0.6) is 0 Å². The predicted octanol–water partition coefficient (Wildman–Crippen LogP) is 1.65. The highest BCUT2D eigenvalue weighted by molar-refractivity contribution is 5.81. The van der Waals surface area contributed by atoms with Crippen LogP contribution in [0.3, 0.4) is 0 Å². The highest BCUT2D eigenvalue weighted by atomic mass is 19.3. The molecule has 0 unspecified atom stereocenters. The van der Waals surface area contributed by atoms with Gasteiger partial charge < -0.3 is 9.47 Å². The summed E-state index contributed by atoms with van der Waals surface area (Å²) in [4.78, 5) is 32.9. The highest BCUT2D eigenvalue weighted by Gasteiger charge is 2.18. The first-order valence-corrected chi connectivity index (χ1v) is 9.91. The van der Waals surface area contributed by atoms with E-state index in [0.717, 1.165) is 43.0 Å². The molecule has 0 amide bonds. The van der Waals surface area contributed by atoms with E-state index in [1.165, 1.54) is 6.33 Å². The van der Waals surface area contributed by atoms with Crippen LogP contribution in [0, 0.1) is 0 Å². The minimum absolute atomic E-state index is 0.00686. The van der Waals surface area contributed by atoms with Gasteiger partial charge in [-0.2, -0.15) is 0 Å². The number of alkyl halides is 2. The fourth-order valence-corrected chi connectivity index (χ4v) is 3.75. The number of halogens is 2. The van der Waals surface area contributed by atoms with Gasteiger partial charge in [-0.3, -0.25) is 19.1 Å². The van der Waals surface area contributed by atoms with Crippen molar-refractivity contribution in [3.8, 4) is 0 Å². The Bertz CT molecular complexity index is 1140. The van der Waals surface area contributed by atoms with Crippen molar-refractivity contribution in [3.63, 3.8) is 0 Å². The number of rotatable bonds is 6. The highest BCUT2D eigenvalue weighted by Crippen LogP contribution is 2.20. The molecule has 4 rings (SSSR count). The summed E-state index contributed by atoms with van der Waals surface area (Å²) in [5, 5.41) is 0.342. The number of aromatic nitrogens is 3. The summed E-state index contributed by atoms with van der Waals surface area (Å²) in [6.07, 6.45) is 0.387. The second-order valence-electron chi connectivity index (χ2n) is 7.36. The summed E-state index contributed by atoms with van der Waals surface area (Å²) in [6.45, 7) is 4.17. The number of anilines is 1. The van der Waals surface area contributed by atoms with Crippen LogP contribution in [-0.4, -0.2) is 58.2 Å². The standard InChI is InChI=1S/C21H23F2N5O2/c22-19(23)14-28-15-24-18-13-16(4-5-17(18)21(28)30)26-10-7-25(8-11-26)9-12-27-6-2-1-3-20(27)29/h1-6,13,15,19H,7-12,14H2. The maximum Gasteiger partial charge on any atom is 0.261 e. The summed E-state index contributed by atoms with van der Waals surface area (Å²) < 4.78 is 27.8. The minimum atomic E-state index is -2.60. The first kappa shape index (κ1) is 20.2. The SMILES string of the molecule is O=c1ccccn1CCN1CCN(c2ccc3c(=O)n(CC(F)F)cnc3c2)CC1. The Morgan fingerprint density at radius 1 is 0.967 bits per heavy atom. The zero-order valence-electron chi connectivity index (χ0n) is 16.5. The Hall–Kier alpha value is -3.07. The summed E-state index contributed by atoms with van der Waals surface area (Å²) in [5.41, 5.74) is 1.02. The van der Waals surface area contributed by atoms with Crippen LogP contribution in [0.15, 0.2) is 58.5 Å². The van der Waals surface area contributed by atoms with Crippen molar-refractivity contribution in [1.82, 2.24) is 19.0 Å². The van der Waals surface area contributed by atoms with Crippen LogP contribution in [0.1, 0.15) is 0 Å². The van der Waals surface area contributed by atoms with E-state index in [4.69, 9.17) is 0 Å². The summed E-state index contributed by atoms with van der Waals surface area (Å²) in [7, 11) is 0. The first-order chi connectivity index (χ1) is 14.5. The molecule has 3 heterocycles. The van der Waals surface area contributed by atoms with Crippen molar-refractivity contribution in [1.29, 1.82) is 0 Å². The van der Waals surface area contributed by atoms with E-state index in [-0.39, 0.29) is 5.56 Å². The zero-order valence-corrected chi connectivity index (χ0v) is 16.5. The Morgan fingerprint density at radius 2 is 1.77 bits per heavy atom. The smallest absolute Gasteiger partial charge is 0.261 e.